The average Bonchev–Trinajstić information content (AvgIpc) is 2.10. The molecular formula is C11H16FNS. The van der Waals surface area contributed by atoms with E-state index in [0.717, 1.165) is 10.5 Å². The molecular weight excluding hydrogens is 197 g/mol. The molecule has 1 aromatic rings. The second kappa shape index (κ2) is 5.37. The number of hydrogen-bond donors (Lipinski definition) is 1. The Kier molecular flexibility index (Phi) is 4.42. The van der Waals surface area contributed by atoms with Gasteiger partial charge >= 0.3 is 0 Å². The molecule has 0 amide bonds. The quantitative estimate of drug-likeness (QED) is 0.778. The first kappa shape index (κ1) is 11.5. The highest BCUT2D eigenvalue weighted by Gasteiger charge is 2.09. The molecule has 0 aliphatic rings. The van der Waals surface area contributed by atoms with Gasteiger partial charge in [-0.2, -0.15) is 0 Å². The number of hydrogen-bond acceptors (Lipinski definition) is 2. The van der Waals surface area contributed by atoms with Crippen molar-refractivity contribution >= 4 is 11.8 Å². The highest BCUT2D eigenvalue weighted by Crippen LogP contribution is 2.28. The first-order valence-corrected chi connectivity index (χ1v) is 5.67. The van der Waals surface area contributed by atoms with E-state index in [9.17, 15) is 4.39 Å². The zero-order valence-electron chi connectivity index (χ0n) is 8.59. The lowest BCUT2D eigenvalue weighted by Crippen LogP contribution is -2.06. The van der Waals surface area contributed by atoms with E-state index in [1.807, 2.05) is 6.07 Å². The fourth-order valence-corrected chi connectivity index (χ4v) is 2.30. The molecule has 0 unspecified atom stereocenters. The first-order chi connectivity index (χ1) is 6.65. The van der Waals surface area contributed by atoms with E-state index >= 15 is 0 Å². The molecule has 0 aliphatic heterocycles. The molecule has 1 rings (SSSR count). The largest absolute Gasteiger partial charge is 0.330 e. The highest BCUT2D eigenvalue weighted by molar-refractivity contribution is 8.00. The van der Waals surface area contributed by atoms with Crippen LogP contribution < -0.4 is 5.73 Å². The van der Waals surface area contributed by atoms with E-state index in [1.165, 1.54) is 6.07 Å². The monoisotopic (exact) mass is 213 g/mol. The molecule has 1 aromatic carbocycles. The minimum absolute atomic E-state index is 0.138. The van der Waals surface area contributed by atoms with Crippen molar-refractivity contribution < 1.29 is 4.39 Å². The second-order valence-electron chi connectivity index (χ2n) is 3.42. The van der Waals surface area contributed by atoms with Crippen molar-refractivity contribution in [3.8, 4) is 0 Å². The maximum atomic E-state index is 13.4. The third-order valence-electron chi connectivity index (χ3n) is 1.83. The van der Waals surface area contributed by atoms with Crippen molar-refractivity contribution in [2.45, 2.75) is 30.4 Å². The second-order valence-corrected chi connectivity index (χ2v) is 5.04. The number of benzene rings is 1. The highest BCUT2D eigenvalue weighted by atomic mass is 32.2. The maximum Gasteiger partial charge on any atom is 0.127 e. The molecule has 0 aromatic heterocycles. The summed E-state index contributed by atoms with van der Waals surface area (Å²) in [5, 5.41) is 0.466. The summed E-state index contributed by atoms with van der Waals surface area (Å²) in [6, 6.07) is 5.20. The molecule has 0 fully saturated rings. The van der Waals surface area contributed by atoms with Crippen molar-refractivity contribution in [1.29, 1.82) is 0 Å². The molecule has 1 nitrogen and oxygen atoms in total. The normalized spacial score (nSPS) is 10.9. The minimum atomic E-state index is -0.138. The van der Waals surface area contributed by atoms with Crippen LogP contribution in [0.5, 0.6) is 0 Å². The van der Waals surface area contributed by atoms with Gasteiger partial charge in [0.25, 0.3) is 0 Å². The Balaban J connectivity index is 2.95. The summed E-state index contributed by atoms with van der Waals surface area (Å²) in [7, 11) is 0. The van der Waals surface area contributed by atoms with Crippen molar-refractivity contribution in [3.05, 3.63) is 29.6 Å². The average molecular weight is 213 g/mol. The standard InChI is InChI=1S/C11H16FNS/c1-8(2)14-11-5-3-4-10(12)9(11)6-7-13/h3-5,8H,6-7,13H2,1-2H3. The summed E-state index contributed by atoms with van der Waals surface area (Å²) in [5.41, 5.74) is 6.21. The number of nitrogens with two attached hydrogens (primary N) is 1. The fourth-order valence-electron chi connectivity index (χ4n) is 1.29. The van der Waals surface area contributed by atoms with Gasteiger partial charge in [0.15, 0.2) is 0 Å². The van der Waals surface area contributed by atoms with Crippen LogP contribution in [-0.2, 0) is 6.42 Å². The Morgan fingerprint density at radius 1 is 1.43 bits per heavy atom. The Morgan fingerprint density at radius 3 is 2.71 bits per heavy atom. The Morgan fingerprint density at radius 2 is 2.14 bits per heavy atom. The van der Waals surface area contributed by atoms with E-state index in [0.29, 0.717) is 18.2 Å². The Labute approximate surface area is 88.9 Å². The first-order valence-electron chi connectivity index (χ1n) is 4.79. The third kappa shape index (κ3) is 3.00. The summed E-state index contributed by atoms with van der Waals surface area (Å²) >= 11 is 1.68. The van der Waals surface area contributed by atoms with Gasteiger partial charge < -0.3 is 5.73 Å². The Bertz CT molecular complexity index is 299. The van der Waals surface area contributed by atoms with Crippen molar-refractivity contribution in [3.63, 3.8) is 0 Å². The van der Waals surface area contributed by atoms with Gasteiger partial charge in [-0.25, -0.2) is 4.39 Å². The molecule has 78 valence electrons. The van der Waals surface area contributed by atoms with Gasteiger partial charge in [-0.1, -0.05) is 19.9 Å². The topological polar surface area (TPSA) is 26.0 Å². The minimum Gasteiger partial charge on any atom is -0.330 e. The molecule has 0 aliphatic carbocycles. The van der Waals surface area contributed by atoms with E-state index in [4.69, 9.17) is 5.73 Å². The number of thioether (sulfide) groups is 1. The summed E-state index contributed by atoms with van der Waals surface area (Å²) < 4.78 is 13.4. The van der Waals surface area contributed by atoms with Gasteiger partial charge in [0.2, 0.25) is 0 Å². The zero-order chi connectivity index (χ0) is 10.6. The van der Waals surface area contributed by atoms with Crippen LogP contribution in [0.25, 0.3) is 0 Å². The van der Waals surface area contributed by atoms with Crippen LogP contribution >= 0.6 is 11.8 Å². The van der Waals surface area contributed by atoms with E-state index in [-0.39, 0.29) is 5.82 Å². The van der Waals surface area contributed by atoms with Crippen LogP contribution in [-0.4, -0.2) is 11.8 Å². The lowest BCUT2D eigenvalue weighted by Gasteiger charge is -2.11. The smallest absolute Gasteiger partial charge is 0.127 e. The lowest BCUT2D eigenvalue weighted by atomic mass is 10.1. The van der Waals surface area contributed by atoms with E-state index in [2.05, 4.69) is 13.8 Å². The predicted molar refractivity (Wildman–Crippen MR) is 60.2 cm³/mol. The lowest BCUT2D eigenvalue weighted by molar-refractivity contribution is 0.603. The van der Waals surface area contributed by atoms with Gasteiger partial charge in [-0.05, 0) is 25.1 Å². The molecule has 3 heteroatoms. The van der Waals surface area contributed by atoms with Gasteiger partial charge in [0, 0.05) is 15.7 Å². The van der Waals surface area contributed by atoms with Crippen LogP contribution in [0, 0.1) is 5.82 Å². The Hall–Kier alpha value is -0.540. The van der Waals surface area contributed by atoms with Crippen molar-refractivity contribution in [2.75, 3.05) is 6.54 Å². The van der Waals surface area contributed by atoms with E-state index in [1.54, 1.807) is 17.8 Å². The van der Waals surface area contributed by atoms with Crippen molar-refractivity contribution in [2.24, 2.45) is 5.73 Å². The molecule has 0 saturated carbocycles. The molecule has 0 heterocycles. The summed E-state index contributed by atoms with van der Waals surface area (Å²) in [5.74, 6) is -0.138. The summed E-state index contributed by atoms with van der Waals surface area (Å²) in [6.07, 6.45) is 0.613. The van der Waals surface area contributed by atoms with Crippen LogP contribution in [0.4, 0.5) is 4.39 Å². The molecule has 0 saturated heterocycles. The number of rotatable bonds is 4. The third-order valence-corrected chi connectivity index (χ3v) is 2.94. The summed E-state index contributed by atoms with van der Waals surface area (Å²) in [4.78, 5) is 1.02. The molecule has 2 N–H and O–H groups in total. The van der Waals surface area contributed by atoms with Crippen LogP contribution in [0.1, 0.15) is 19.4 Å². The molecule has 0 radical (unpaired) electrons. The molecule has 0 atom stereocenters. The zero-order valence-corrected chi connectivity index (χ0v) is 9.40. The SMILES string of the molecule is CC(C)Sc1cccc(F)c1CCN. The number of halogens is 1. The molecule has 14 heavy (non-hydrogen) atoms. The fraction of sp³-hybridized carbons (Fsp3) is 0.455. The van der Waals surface area contributed by atoms with Crippen molar-refractivity contribution in [1.82, 2.24) is 0 Å². The maximum absolute atomic E-state index is 13.4. The van der Waals surface area contributed by atoms with Gasteiger partial charge in [-0.3, -0.25) is 0 Å². The van der Waals surface area contributed by atoms with Crippen LogP contribution in [0.2, 0.25) is 0 Å². The van der Waals surface area contributed by atoms with Crippen LogP contribution in [0.3, 0.4) is 0 Å². The molecule has 0 bridgehead atoms. The summed E-state index contributed by atoms with van der Waals surface area (Å²) in [6.45, 7) is 4.69. The van der Waals surface area contributed by atoms with Gasteiger partial charge in [-0.15, -0.1) is 11.8 Å². The van der Waals surface area contributed by atoms with Crippen LogP contribution in [0.15, 0.2) is 23.1 Å². The van der Waals surface area contributed by atoms with Gasteiger partial charge in [0.1, 0.15) is 5.82 Å². The predicted octanol–water partition coefficient (Wildman–Crippen LogP) is 2.83. The van der Waals surface area contributed by atoms with Gasteiger partial charge in [0.05, 0.1) is 0 Å². The van der Waals surface area contributed by atoms with E-state index < -0.39 is 0 Å². The molecule has 0 spiro atoms.